The van der Waals surface area contributed by atoms with Gasteiger partial charge in [0.1, 0.15) is 17.3 Å². The third kappa shape index (κ3) is 4.72. The fourth-order valence-corrected chi connectivity index (χ4v) is 3.95. The number of methoxy groups -OCH3 is 1. The van der Waals surface area contributed by atoms with Crippen molar-refractivity contribution in [3.05, 3.63) is 70.2 Å². The molecule has 0 spiro atoms. The number of ether oxygens (including phenoxy) is 1. The number of furan rings is 1. The molecule has 2 aromatic heterocycles. The minimum absolute atomic E-state index is 0.178. The number of benzene rings is 1. The summed E-state index contributed by atoms with van der Waals surface area (Å²) in [6, 6.07) is 9.23. The van der Waals surface area contributed by atoms with Crippen LogP contribution in [0.3, 0.4) is 0 Å². The Bertz CT molecular complexity index is 1120. The van der Waals surface area contributed by atoms with Gasteiger partial charge < -0.3 is 19.0 Å². The van der Waals surface area contributed by atoms with Crippen molar-refractivity contribution >= 4 is 11.9 Å². The van der Waals surface area contributed by atoms with Gasteiger partial charge in [0.05, 0.1) is 24.8 Å². The Hall–Kier alpha value is -3.46. The van der Waals surface area contributed by atoms with Crippen LogP contribution in [0.4, 0.5) is 0 Å². The zero-order chi connectivity index (χ0) is 22.7. The second-order valence-corrected chi connectivity index (χ2v) is 7.91. The van der Waals surface area contributed by atoms with Gasteiger partial charge in [0.2, 0.25) is 0 Å². The van der Waals surface area contributed by atoms with Crippen molar-refractivity contribution < 1.29 is 18.7 Å². The Kier molecular flexibility index (Phi) is 6.36. The lowest BCUT2D eigenvalue weighted by Crippen LogP contribution is -2.28. The van der Waals surface area contributed by atoms with E-state index in [-0.39, 0.29) is 11.9 Å². The SMILES string of the molecule is COC(=O)c1ccc(CN2CCc3nnc(CNC(=O)c4cc(C)oc4C)n3CC2)cc1. The van der Waals surface area contributed by atoms with Gasteiger partial charge in [0, 0.05) is 32.6 Å². The lowest BCUT2D eigenvalue weighted by Gasteiger charge is -2.19. The molecule has 0 atom stereocenters. The zero-order valence-electron chi connectivity index (χ0n) is 18.6. The van der Waals surface area contributed by atoms with E-state index in [0.29, 0.717) is 29.2 Å². The van der Waals surface area contributed by atoms with Crippen molar-refractivity contribution in [3.8, 4) is 0 Å². The standard InChI is InChI=1S/C23H27N5O4/c1-15-12-19(16(2)32-15)22(29)24-13-21-26-25-20-8-9-27(10-11-28(20)21)14-17-4-6-18(7-5-17)23(30)31-3/h4-7,12H,8-11,13-14H2,1-3H3,(H,24,29). The molecule has 32 heavy (non-hydrogen) atoms. The summed E-state index contributed by atoms with van der Waals surface area (Å²) in [5, 5.41) is 11.5. The maximum Gasteiger partial charge on any atom is 0.337 e. The topological polar surface area (TPSA) is 102 Å². The van der Waals surface area contributed by atoms with Crippen LogP contribution in [-0.4, -0.2) is 51.7 Å². The fraction of sp³-hybridized carbons (Fsp3) is 0.391. The van der Waals surface area contributed by atoms with Gasteiger partial charge in [0.25, 0.3) is 5.91 Å². The summed E-state index contributed by atoms with van der Waals surface area (Å²) >= 11 is 0. The summed E-state index contributed by atoms with van der Waals surface area (Å²) < 4.78 is 12.3. The van der Waals surface area contributed by atoms with Crippen molar-refractivity contribution in [2.45, 2.75) is 39.9 Å². The molecule has 168 valence electrons. The van der Waals surface area contributed by atoms with Crippen LogP contribution < -0.4 is 5.32 Å². The highest BCUT2D eigenvalue weighted by Crippen LogP contribution is 2.15. The largest absolute Gasteiger partial charge is 0.466 e. The number of aromatic nitrogens is 3. The lowest BCUT2D eigenvalue weighted by atomic mass is 10.1. The van der Waals surface area contributed by atoms with E-state index in [1.807, 2.05) is 19.1 Å². The number of fused-ring (bicyclic) bond motifs is 1. The van der Waals surface area contributed by atoms with Crippen molar-refractivity contribution in [2.24, 2.45) is 0 Å². The summed E-state index contributed by atoms with van der Waals surface area (Å²) in [4.78, 5) is 26.4. The average molecular weight is 438 g/mol. The second-order valence-electron chi connectivity index (χ2n) is 7.91. The van der Waals surface area contributed by atoms with Gasteiger partial charge in [-0.15, -0.1) is 10.2 Å². The number of carbonyl (C=O) groups excluding carboxylic acids is 2. The van der Waals surface area contributed by atoms with E-state index in [4.69, 9.17) is 9.15 Å². The number of hydrogen-bond acceptors (Lipinski definition) is 7. The number of hydrogen-bond donors (Lipinski definition) is 1. The molecule has 9 nitrogen and oxygen atoms in total. The first-order valence-electron chi connectivity index (χ1n) is 10.6. The van der Waals surface area contributed by atoms with Crippen LogP contribution in [0.5, 0.6) is 0 Å². The summed E-state index contributed by atoms with van der Waals surface area (Å²) in [6.45, 7) is 7.14. The highest BCUT2D eigenvalue weighted by molar-refractivity contribution is 5.95. The molecule has 0 fully saturated rings. The van der Waals surface area contributed by atoms with E-state index in [9.17, 15) is 9.59 Å². The number of rotatable bonds is 6. The highest BCUT2D eigenvalue weighted by atomic mass is 16.5. The van der Waals surface area contributed by atoms with E-state index < -0.39 is 0 Å². The van der Waals surface area contributed by atoms with Gasteiger partial charge in [-0.05, 0) is 37.6 Å². The van der Waals surface area contributed by atoms with E-state index >= 15 is 0 Å². The van der Waals surface area contributed by atoms with E-state index in [1.54, 1.807) is 25.1 Å². The maximum absolute atomic E-state index is 12.5. The third-order valence-corrected chi connectivity index (χ3v) is 5.67. The maximum atomic E-state index is 12.5. The van der Waals surface area contributed by atoms with Gasteiger partial charge in [-0.1, -0.05) is 12.1 Å². The first-order valence-corrected chi connectivity index (χ1v) is 10.6. The van der Waals surface area contributed by atoms with Crippen molar-refractivity contribution in [3.63, 3.8) is 0 Å². The van der Waals surface area contributed by atoms with E-state index in [2.05, 4.69) is 25.0 Å². The number of aryl methyl sites for hydroxylation is 2. The van der Waals surface area contributed by atoms with Gasteiger partial charge in [0.15, 0.2) is 5.82 Å². The molecule has 3 aromatic rings. The number of nitrogens with zero attached hydrogens (tertiary/aromatic N) is 4. The molecule has 1 aromatic carbocycles. The van der Waals surface area contributed by atoms with Crippen LogP contribution in [0.1, 0.15) is 49.4 Å². The molecule has 1 aliphatic rings. The van der Waals surface area contributed by atoms with Crippen LogP contribution >= 0.6 is 0 Å². The average Bonchev–Trinajstić information content (AvgIpc) is 3.28. The Morgan fingerprint density at radius 3 is 2.59 bits per heavy atom. The molecular formula is C23H27N5O4. The molecule has 1 N–H and O–H groups in total. The van der Waals surface area contributed by atoms with Crippen molar-refractivity contribution in [2.75, 3.05) is 20.2 Å². The molecule has 0 saturated heterocycles. The second kappa shape index (κ2) is 9.35. The summed E-state index contributed by atoms with van der Waals surface area (Å²) in [5.41, 5.74) is 2.22. The molecule has 1 aliphatic heterocycles. The third-order valence-electron chi connectivity index (χ3n) is 5.67. The summed E-state index contributed by atoms with van der Waals surface area (Å²) in [7, 11) is 1.38. The quantitative estimate of drug-likeness (QED) is 0.590. The molecule has 9 heteroatoms. The lowest BCUT2D eigenvalue weighted by molar-refractivity contribution is 0.0600. The van der Waals surface area contributed by atoms with Gasteiger partial charge >= 0.3 is 5.97 Å². The first kappa shape index (κ1) is 21.8. The number of esters is 1. The fourth-order valence-electron chi connectivity index (χ4n) is 3.95. The number of nitrogens with one attached hydrogen (secondary N) is 1. The molecule has 0 saturated carbocycles. The number of amides is 1. The highest BCUT2D eigenvalue weighted by Gasteiger charge is 2.20. The monoisotopic (exact) mass is 437 g/mol. The minimum Gasteiger partial charge on any atom is -0.466 e. The van der Waals surface area contributed by atoms with E-state index in [1.165, 1.54) is 7.11 Å². The van der Waals surface area contributed by atoms with Crippen LogP contribution in [0.25, 0.3) is 0 Å². The van der Waals surface area contributed by atoms with Crippen LogP contribution in [0.15, 0.2) is 34.7 Å². The molecule has 3 heterocycles. The Morgan fingerprint density at radius 1 is 1.12 bits per heavy atom. The van der Waals surface area contributed by atoms with Gasteiger partial charge in [-0.2, -0.15) is 0 Å². The number of carbonyl (C=O) groups is 2. The molecule has 0 bridgehead atoms. The molecule has 4 rings (SSSR count). The van der Waals surface area contributed by atoms with Crippen molar-refractivity contribution in [1.82, 2.24) is 25.0 Å². The minimum atomic E-state index is -0.332. The molecule has 0 unspecified atom stereocenters. The van der Waals surface area contributed by atoms with Gasteiger partial charge in [-0.25, -0.2) is 4.79 Å². The smallest absolute Gasteiger partial charge is 0.337 e. The van der Waals surface area contributed by atoms with Crippen LogP contribution in [-0.2, 0) is 30.8 Å². The Balaban J connectivity index is 1.35. The molecular weight excluding hydrogens is 410 g/mol. The normalized spacial score (nSPS) is 14.0. The molecule has 0 aliphatic carbocycles. The van der Waals surface area contributed by atoms with Gasteiger partial charge in [-0.3, -0.25) is 9.69 Å². The van der Waals surface area contributed by atoms with Crippen molar-refractivity contribution in [1.29, 1.82) is 0 Å². The van der Waals surface area contributed by atoms with Crippen LogP contribution in [0, 0.1) is 13.8 Å². The van der Waals surface area contributed by atoms with E-state index in [0.717, 1.165) is 49.8 Å². The molecule has 0 radical (unpaired) electrons. The summed E-state index contributed by atoms with van der Waals surface area (Å²) in [5.74, 6) is 2.48. The zero-order valence-corrected chi connectivity index (χ0v) is 18.6. The van der Waals surface area contributed by atoms with Crippen LogP contribution in [0.2, 0.25) is 0 Å². The predicted octanol–water partition coefficient (Wildman–Crippen LogP) is 2.26. The first-order chi connectivity index (χ1) is 15.4. The Labute approximate surface area is 186 Å². The predicted molar refractivity (Wildman–Crippen MR) is 116 cm³/mol. The Morgan fingerprint density at radius 2 is 1.91 bits per heavy atom. The summed E-state index contributed by atoms with van der Waals surface area (Å²) in [6.07, 6.45) is 0.779. The molecule has 1 amide bonds.